The zero-order chi connectivity index (χ0) is 15.9. The number of carbonyl (C=O) groups excluding carboxylic acids is 1. The SMILES string of the molecule is COc1ccc(Br)c(C(=O)OCCOc2ccc(Br)cc2)c1. The number of hydrogen-bond acceptors (Lipinski definition) is 4. The summed E-state index contributed by atoms with van der Waals surface area (Å²) < 4.78 is 17.4. The molecule has 0 radical (unpaired) electrons. The van der Waals surface area contributed by atoms with Gasteiger partial charge >= 0.3 is 5.97 Å². The van der Waals surface area contributed by atoms with E-state index < -0.39 is 5.97 Å². The summed E-state index contributed by atoms with van der Waals surface area (Å²) in [6, 6.07) is 12.6. The zero-order valence-electron chi connectivity index (χ0n) is 11.8. The van der Waals surface area contributed by atoms with Crippen molar-refractivity contribution in [2.75, 3.05) is 20.3 Å². The molecule has 0 N–H and O–H groups in total. The Bertz CT molecular complexity index is 641. The molecule has 0 saturated heterocycles. The summed E-state index contributed by atoms with van der Waals surface area (Å²) in [6.07, 6.45) is 0. The molecule has 0 heterocycles. The molecule has 116 valence electrons. The highest BCUT2D eigenvalue weighted by Gasteiger charge is 2.12. The predicted molar refractivity (Wildman–Crippen MR) is 90.6 cm³/mol. The smallest absolute Gasteiger partial charge is 0.339 e. The molecule has 2 aromatic rings. The second-order valence-electron chi connectivity index (χ2n) is 4.28. The highest BCUT2D eigenvalue weighted by Crippen LogP contribution is 2.23. The van der Waals surface area contributed by atoms with Crippen LogP contribution in [0.1, 0.15) is 10.4 Å². The molecule has 0 bridgehead atoms. The number of halogens is 2. The van der Waals surface area contributed by atoms with Crippen molar-refractivity contribution in [1.82, 2.24) is 0 Å². The number of benzene rings is 2. The Labute approximate surface area is 145 Å². The summed E-state index contributed by atoms with van der Waals surface area (Å²) >= 11 is 6.67. The number of methoxy groups -OCH3 is 1. The molecular weight excluding hydrogens is 416 g/mol. The molecule has 0 aliphatic rings. The van der Waals surface area contributed by atoms with Crippen LogP contribution in [-0.2, 0) is 4.74 Å². The van der Waals surface area contributed by atoms with Gasteiger partial charge in [-0.3, -0.25) is 0 Å². The summed E-state index contributed by atoms with van der Waals surface area (Å²) in [7, 11) is 1.55. The van der Waals surface area contributed by atoms with Gasteiger partial charge in [-0.05, 0) is 58.4 Å². The molecule has 22 heavy (non-hydrogen) atoms. The molecular formula is C16H14Br2O4. The van der Waals surface area contributed by atoms with E-state index in [9.17, 15) is 4.79 Å². The van der Waals surface area contributed by atoms with Crippen molar-refractivity contribution in [3.8, 4) is 11.5 Å². The lowest BCUT2D eigenvalue weighted by Gasteiger charge is -2.09. The van der Waals surface area contributed by atoms with Crippen molar-refractivity contribution < 1.29 is 19.0 Å². The normalized spacial score (nSPS) is 10.1. The minimum Gasteiger partial charge on any atom is -0.497 e. The zero-order valence-corrected chi connectivity index (χ0v) is 15.0. The Morgan fingerprint density at radius 1 is 1.00 bits per heavy atom. The third kappa shape index (κ3) is 4.74. The fourth-order valence-corrected chi connectivity index (χ4v) is 2.36. The predicted octanol–water partition coefficient (Wildman–Crippen LogP) is 4.46. The molecule has 4 nitrogen and oxygen atoms in total. The van der Waals surface area contributed by atoms with E-state index in [1.807, 2.05) is 24.3 Å². The largest absolute Gasteiger partial charge is 0.497 e. The number of rotatable bonds is 6. The van der Waals surface area contributed by atoms with Gasteiger partial charge in [0.25, 0.3) is 0 Å². The lowest BCUT2D eigenvalue weighted by Crippen LogP contribution is -2.13. The maximum atomic E-state index is 12.0. The standard InChI is InChI=1S/C16H14Br2O4/c1-20-13-6-7-15(18)14(10-13)16(19)22-9-8-21-12-4-2-11(17)3-5-12/h2-7,10H,8-9H2,1H3. The van der Waals surface area contributed by atoms with Gasteiger partial charge in [-0.2, -0.15) is 0 Å². The molecule has 2 rings (SSSR count). The molecule has 0 amide bonds. The van der Waals surface area contributed by atoms with E-state index in [-0.39, 0.29) is 13.2 Å². The van der Waals surface area contributed by atoms with Crippen molar-refractivity contribution in [2.45, 2.75) is 0 Å². The Morgan fingerprint density at radius 3 is 2.36 bits per heavy atom. The third-order valence-electron chi connectivity index (χ3n) is 2.79. The summed E-state index contributed by atoms with van der Waals surface area (Å²) in [6.45, 7) is 0.452. The van der Waals surface area contributed by atoms with Gasteiger partial charge in [0.1, 0.15) is 24.7 Å². The Morgan fingerprint density at radius 2 is 1.68 bits per heavy atom. The molecule has 0 spiro atoms. The Hall–Kier alpha value is -1.53. The first-order valence-corrected chi connectivity index (χ1v) is 8.08. The topological polar surface area (TPSA) is 44.8 Å². The lowest BCUT2D eigenvalue weighted by atomic mass is 10.2. The monoisotopic (exact) mass is 428 g/mol. The molecule has 0 fully saturated rings. The van der Waals surface area contributed by atoms with E-state index in [0.29, 0.717) is 15.8 Å². The molecule has 0 saturated carbocycles. The van der Waals surface area contributed by atoms with Crippen LogP contribution in [0.25, 0.3) is 0 Å². The number of ether oxygens (including phenoxy) is 3. The van der Waals surface area contributed by atoms with E-state index >= 15 is 0 Å². The van der Waals surface area contributed by atoms with Gasteiger partial charge < -0.3 is 14.2 Å². The lowest BCUT2D eigenvalue weighted by molar-refractivity contribution is 0.0449. The Kier molecular flexibility index (Phi) is 6.27. The fourth-order valence-electron chi connectivity index (χ4n) is 1.69. The summed E-state index contributed by atoms with van der Waals surface area (Å²) in [5.41, 5.74) is 0.419. The van der Waals surface area contributed by atoms with Crippen molar-refractivity contribution in [2.24, 2.45) is 0 Å². The van der Waals surface area contributed by atoms with Crippen molar-refractivity contribution >= 4 is 37.8 Å². The average molecular weight is 430 g/mol. The quantitative estimate of drug-likeness (QED) is 0.502. The van der Waals surface area contributed by atoms with Crippen molar-refractivity contribution in [3.05, 3.63) is 57.0 Å². The van der Waals surface area contributed by atoms with Crippen LogP contribution in [0.5, 0.6) is 11.5 Å². The van der Waals surface area contributed by atoms with Gasteiger partial charge in [0, 0.05) is 8.95 Å². The second kappa shape index (κ2) is 8.19. The van der Waals surface area contributed by atoms with Gasteiger partial charge in [-0.15, -0.1) is 0 Å². The van der Waals surface area contributed by atoms with E-state index in [1.54, 1.807) is 25.3 Å². The van der Waals surface area contributed by atoms with E-state index in [0.717, 1.165) is 10.2 Å². The third-order valence-corrected chi connectivity index (χ3v) is 4.01. The first-order valence-electron chi connectivity index (χ1n) is 6.49. The summed E-state index contributed by atoms with van der Waals surface area (Å²) in [4.78, 5) is 12.0. The first-order chi connectivity index (χ1) is 10.6. The summed E-state index contributed by atoms with van der Waals surface area (Å²) in [5.74, 6) is 0.897. The van der Waals surface area contributed by atoms with Crippen LogP contribution in [0.15, 0.2) is 51.4 Å². The van der Waals surface area contributed by atoms with Crippen molar-refractivity contribution in [3.63, 3.8) is 0 Å². The van der Waals surface area contributed by atoms with Crippen molar-refractivity contribution in [1.29, 1.82) is 0 Å². The molecule has 0 atom stereocenters. The van der Waals surface area contributed by atoms with E-state index in [2.05, 4.69) is 31.9 Å². The van der Waals surface area contributed by atoms with Crippen LogP contribution >= 0.6 is 31.9 Å². The maximum absolute atomic E-state index is 12.0. The Balaban J connectivity index is 1.84. The van der Waals surface area contributed by atoms with Crippen LogP contribution in [0.3, 0.4) is 0 Å². The van der Waals surface area contributed by atoms with Crippen LogP contribution in [0.4, 0.5) is 0 Å². The van der Waals surface area contributed by atoms with Crippen LogP contribution in [0.2, 0.25) is 0 Å². The van der Waals surface area contributed by atoms with Gasteiger partial charge in [-0.1, -0.05) is 15.9 Å². The van der Waals surface area contributed by atoms with Crippen LogP contribution in [-0.4, -0.2) is 26.3 Å². The van der Waals surface area contributed by atoms with Gasteiger partial charge in [-0.25, -0.2) is 4.79 Å². The van der Waals surface area contributed by atoms with Gasteiger partial charge in [0.2, 0.25) is 0 Å². The molecule has 6 heteroatoms. The molecule has 2 aromatic carbocycles. The summed E-state index contributed by atoms with van der Waals surface area (Å²) in [5, 5.41) is 0. The van der Waals surface area contributed by atoms with E-state index in [1.165, 1.54) is 0 Å². The fraction of sp³-hybridized carbons (Fsp3) is 0.188. The molecule has 0 unspecified atom stereocenters. The molecule has 0 aliphatic carbocycles. The van der Waals surface area contributed by atoms with Gasteiger partial charge in [0.05, 0.1) is 12.7 Å². The van der Waals surface area contributed by atoms with Gasteiger partial charge in [0.15, 0.2) is 0 Å². The maximum Gasteiger partial charge on any atom is 0.339 e. The number of esters is 1. The molecule has 0 aromatic heterocycles. The van der Waals surface area contributed by atoms with Crippen LogP contribution in [0, 0.1) is 0 Å². The average Bonchev–Trinajstić information content (AvgIpc) is 2.53. The molecule has 0 aliphatic heterocycles. The highest BCUT2D eigenvalue weighted by molar-refractivity contribution is 9.10. The number of carbonyl (C=O) groups is 1. The number of hydrogen-bond donors (Lipinski definition) is 0. The van der Waals surface area contributed by atoms with E-state index in [4.69, 9.17) is 14.2 Å². The minimum absolute atomic E-state index is 0.165. The minimum atomic E-state index is -0.426. The second-order valence-corrected chi connectivity index (χ2v) is 6.05. The van der Waals surface area contributed by atoms with Crippen LogP contribution < -0.4 is 9.47 Å². The first kappa shape index (κ1) is 16.8. The highest BCUT2D eigenvalue weighted by atomic mass is 79.9.